The highest BCUT2D eigenvalue weighted by Gasteiger charge is 2.06. The van der Waals surface area contributed by atoms with Crippen LogP contribution in [0.25, 0.3) is 10.9 Å². The van der Waals surface area contributed by atoms with Crippen molar-refractivity contribution in [2.75, 3.05) is 0 Å². The molecule has 0 saturated heterocycles. The van der Waals surface area contributed by atoms with E-state index in [2.05, 4.69) is 9.97 Å². The molecule has 18 heavy (non-hydrogen) atoms. The largest absolute Gasteiger partial charge is 0.222 e. The van der Waals surface area contributed by atoms with Crippen LogP contribution in [0.3, 0.4) is 0 Å². The summed E-state index contributed by atoms with van der Waals surface area (Å²) in [6, 6.07) is 17.8. The molecule has 1 aromatic heterocycles. The van der Waals surface area contributed by atoms with Gasteiger partial charge in [-0.05, 0) is 36.0 Å². The Bertz CT molecular complexity index is 686. The molecule has 0 aliphatic rings. The van der Waals surface area contributed by atoms with Crippen molar-refractivity contribution >= 4 is 34.3 Å². The van der Waals surface area contributed by atoms with E-state index in [4.69, 9.17) is 11.6 Å². The fraction of sp³-hybridized carbons (Fsp3) is 0. The summed E-state index contributed by atoms with van der Waals surface area (Å²) in [5.74, 6) is 0. The van der Waals surface area contributed by atoms with Crippen LogP contribution in [0, 0.1) is 0 Å². The van der Waals surface area contributed by atoms with Gasteiger partial charge < -0.3 is 0 Å². The van der Waals surface area contributed by atoms with E-state index in [0.29, 0.717) is 10.3 Å². The molecule has 1 heterocycles. The Morgan fingerprint density at radius 1 is 0.833 bits per heavy atom. The van der Waals surface area contributed by atoms with Crippen LogP contribution in [0.5, 0.6) is 0 Å². The van der Waals surface area contributed by atoms with E-state index in [1.807, 2.05) is 54.6 Å². The van der Waals surface area contributed by atoms with Crippen molar-refractivity contribution in [1.82, 2.24) is 9.97 Å². The monoisotopic (exact) mass is 272 g/mol. The number of nitrogens with zero attached hydrogens (tertiary/aromatic N) is 2. The predicted molar refractivity (Wildman–Crippen MR) is 75.1 cm³/mol. The van der Waals surface area contributed by atoms with Crippen molar-refractivity contribution < 1.29 is 0 Å². The number of rotatable bonds is 2. The fourth-order valence-corrected chi connectivity index (χ4v) is 2.73. The maximum Gasteiger partial charge on any atom is 0.194 e. The molecule has 3 aromatic rings. The molecular weight excluding hydrogens is 264 g/mol. The Balaban J connectivity index is 2.03. The third-order valence-electron chi connectivity index (χ3n) is 2.49. The lowest BCUT2D eigenvalue weighted by Crippen LogP contribution is -1.89. The zero-order chi connectivity index (χ0) is 12.4. The van der Waals surface area contributed by atoms with Gasteiger partial charge in [-0.25, -0.2) is 9.97 Å². The SMILES string of the molecule is Clc1nc(Sc2ccccc2)nc2ccccc12. The Hall–Kier alpha value is -1.58. The average molecular weight is 273 g/mol. The summed E-state index contributed by atoms with van der Waals surface area (Å²) in [5, 5.41) is 2.06. The Kier molecular flexibility index (Phi) is 3.17. The fourth-order valence-electron chi connectivity index (χ4n) is 1.66. The van der Waals surface area contributed by atoms with Gasteiger partial charge in [0, 0.05) is 10.3 Å². The molecule has 0 aliphatic heterocycles. The van der Waals surface area contributed by atoms with Crippen molar-refractivity contribution in [1.29, 1.82) is 0 Å². The standard InChI is InChI=1S/C14H9ClN2S/c15-13-11-8-4-5-9-12(11)16-14(17-13)18-10-6-2-1-3-7-10/h1-9H. The van der Waals surface area contributed by atoms with E-state index in [9.17, 15) is 0 Å². The highest BCUT2D eigenvalue weighted by Crippen LogP contribution is 2.28. The topological polar surface area (TPSA) is 25.8 Å². The molecule has 0 spiro atoms. The Labute approximate surface area is 114 Å². The van der Waals surface area contributed by atoms with Crippen LogP contribution in [0.4, 0.5) is 0 Å². The molecule has 0 atom stereocenters. The number of benzene rings is 2. The van der Waals surface area contributed by atoms with E-state index in [1.165, 1.54) is 11.8 Å². The predicted octanol–water partition coefficient (Wildman–Crippen LogP) is 4.43. The molecule has 0 radical (unpaired) electrons. The Morgan fingerprint density at radius 2 is 1.56 bits per heavy atom. The van der Waals surface area contributed by atoms with Gasteiger partial charge in [-0.15, -0.1) is 0 Å². The van der Waals surface area contributed by atoms with E-state index >= 15 is 0 Å². The molecular formula is C14H9ClN2S. The van der Waals surface area contributed by atoms with E-state index in [1.54, 1.807) is 0 Å². The minimum absolute atomic E-state index is 0.499. The average Bonchev–Trinajstić information content (AvgIpc) is 2.40. The molecule has 4 heteroatoms. The zero-order valence-electron chi connectivity index (χ0n) is 9.38. The minimum Gasteiger partial charge on any atom is -0.222 e. The summed E-state index contributed by atoms with van der Waals surface area (Å²) in [5.41, 5.74) is 0.871. The quantitative estimate of drug-likeness (QED) is 0.510. The van der Waals surface area contributed by atoms with Gasteiger partial charge >= 0.3 is 0 Å². The maximum absolute atomic E-state index is 6.16. The number of para-hydroxylation sites is 1. The van der Waals surface area contributed by atoms with Crippen LogP contribution in [0.1, 0.15) is 0 Å². The second-order valence-corrected chi connectivity index (χ2v) is 5.13. The first-order valence-electron chi connectivity index (χ1n) is 5.48. The summed E-state index contributed by atoms with van der Waals surface area (Å²) in [7, 11) is 0. The van der Waals surface area contributed by atoms with Crippen molar-refractivity contribution in [3.63, 3.8) is 0 Å². The summed E-state index contributed by atoms with van der Waals surface area (Å²) >= 11 is 7.67. The van der Waals surface area contributed by atoms with Gasteiger partial charge in [0.15, 0.2) is 5.16 Å². The van der Waals surface area contributed by atoms with Gasteiger partial charge in [-0.3, -0.25) is 0 Å². The number of hydrogen-bond donors (Lipinski definition) is 0. The van der Waals surface area contributed by atoms with Crippen LogP contribution in [-0.4, -0.2) is 9.97 Å². The van der Waals surface area contributed by atoms with Gasteiger partial charge in [0.1, 0.15) is 5.15 Å². The highest BCUT2D eigenvalue weighted by atomic mass is 35.5. The molecule has 2 aromatic carbocycles. The van der Waals surface area contributed by atoms with Gasteiger partial charge in [0.05, 0.1) is 5.52 Å². The summed E-state index contributed by atoms with van der Waals surface area (Å²) in [6.07, 6.45) is 0. The van der Waals surface area contributed by atoms with E-state index in [0.717, 1.165) is 15.8 Å². The van der Waals surface area contributed by atoms with Gasteiger partial charge in [-0.2, -0.15) is 0 Å². The highest BCUT2D eigenvalue weighted by molar-refractivity contribution is 7.99. The lowest BCUT2D eigenvalue weighted by Gasteiger charge is -2.03. The first kappa shape index (κ1) is 11.5. The molecule has 0 aliphatic carbocycles. The number of fused-ring (bicyclic) bond motifs is 1. The van der Waals surface area contributed by atoms with Gasteiger partial charge in [0.25, 0.3) is 0 Å². The molecule has 0 saturated carbocycles. The normalized spacial score (nSPS) is 10.7. The molecule has 0 N–H and O–H groups in total. The van der Waals surface area contributed by atoms with Gasteiger partial charge in [0.2, 0.25) is 0 Å². The molecule has 0 fully saturated rings. The Morgan fingerprint density at radius 3 is 2.39 bits per heavy atom. The van der Waals surface area contributed by atoms with E-state index < -0.39 is 0 Å². The second kappa shape index (κ2) is 4.96. The van der Waals surface area contributed by atoms with E-state index in [-0.39, 0.29) is 0 Å². The third kappa shape index (κ3) is 2.33. The smallest absolute Gasteiger partial charge is 0.194 e. The molecule has 0 unspecified atom stereocenters. The third-order valence-corrected chi connectivity index (χ3v) is 3.65. The number of halogens is 1. The maximum atomic E-state index is 6.16. The summed E-state index contributed by atoms with van der Waals surface area (Å²) < 4.78 is 0. The zero-order valence-corrected chi connectivity index (χ0v) is 10.9. The lowest BCUT2D eigenvalue weighted by molar-refractivity contribution is 1.00. The molecule has 0 amide bonds. The van der Waals surface area contributed by atoms with Crippen molar-refractivity contribution in [2.45, 2.75) is 10.1 Å². The van der Waals surface area contributed by atoms with Crippen LogP contribution >= 0.6 is 23.4 Å². The molecule has 3 rings (SSSR count). The lowest BCUT2D eigenvalue weighted by atomic mass is 10.2. The van der Waals surface area contributed by atoms with Crippen molar-refractivity contribution in [3.8, 4) is 0 Å². The van der Waals surface area contributed by atoms with Gasteiger partial charge in [-0.1, -0.05) is 41.9 Å². The van der Waals surface area contributed by atoms with Crippen LogP contribution in [0.2, 0.25) is 5.15 Å². The van der Waals surface area contributed by atoms with Crippen LogP contribution < -0.4 is 0 Å². The summed E-state index contributed by atoms with van der Waals surface area (Å²) in [6.45, 7) is 0. The van der Waals surface area contributed by atoms with Crippen molar-refractivity contribution in [2.24, 2.45) is 0 Å². The number of aromatic nitrogens is 2. The van der Waals surface area contributed by atoms with Crippen LogP contribution in [-0.2, 0) is 0 Å². The summed E-state index contributed by atoms with van der Waals surface area (Å²) in [4.78, 5) is 9.91. The molecule has 0 bridgehead atoms. The molecule has 88 valence electrons. The second-order valence-electron chi connectivity index (χ2n) is 3.73. The first-order chi connectivity index (χ1) is 8.83. The number of hydrogen-bond acceptors (Lipinski definition) is 3. The van der Waals surface area contributed by atoms with Crippen molar-refractivity contribution in [3.05, 3.63) is 59.8 Å². The molecule has 2 nitrogen and oxygen atoms in total. The first-order valence-corrected chi connectivity index (χ1v) is 6.67. The minimum atomic E-state index is 0.499. The van der Waals surface area contributed by atoms with Crippen LogP contribution in [0.15, 0.2) is 64.6 Å².